The van der Waals surface area contributed by atoms with Crippen LogP contribution in [0.25, 0.3) is 0 Å². The van der Waals surface area contributed by atoms with Gasteiger partial charge in [-0.3, -0.25) is 4.79 Å². The van der Waals surface area contributed by atoms with Crippen molar-refractivity contribution in [3.63, 3.8) is 0 Å². The lowest BCUT2D eigenvalue weighted by Gasteiger charge is -2.35. The van der Waals surface area contributed by atoms with E-state index in [0.717, 1.165) is 32.8 Å². The molecule has 3 rings (SSSR count). The average Bonchev–Trinajstić information content (AvgIpc) is 2.91. The van der Waals surface area contributed by atoms with Crippen LogP contribution in [0.4, 0.5) is 0 Å². The van der Waals surface area contributed by atoms with E-state index >= 15 is 0 Å². The first kappa shape index (κ1) is 23.3. The summed E-state index contributed by atoms with van der Waals surface area (Å²) in [7, 11) is 1.00. The van der Waals surface area contributed by atoms with E-state index in [1.807, 2.05) is 6.08 Å². The number of hydrogen-bond donors (Lipinski definition) is 3. The molecule has 1 spiro atoms. The second-order valence-corrected chi connectivity index (χ2v) is 8.62. The molecule has 3 aliphatic carbocycles. The van der Waals surface area contributed by atoms with E-state index in [9.17, 15) is 15.0 Å². The zero-order valence-electron chi connectivity index (χ0n) is 17.5. The highest BCUT2D eigenvalue weighted by molar-refractivity contribution is 5.90. The lowest BCUT2D eigenvalue weighted by molar-refractivity contribution is -0.136. The molecule has 0 aromatic carbocycles. The van der Waals surface area contributed by atoms with Gasteiger partial charge in [0.05, 0.1) is 12.7 Å². The summed E-state index contributed by atoms with van der Waals surface area (Å²) in [6.07, 6.45) is 6.31. The van der Waals surface area contributed by atoms with Crippen LogP contribution in [0.5, 0.6) is 0 Å². The molecule has 7 unspecified atom stereocenters. The van der Waals surface area contributed by atoms with Gasteiger partial charge in [-0.05, 0) is 49.0 Å². The Balaban J connectivity index is 0.000000615. The number of hydrogen-bond acceptors (Lipinski definition) is 4. The highest BCUT2D eigenvalue weighted by Gasteiger charge is 2.58. The Labute approximate surface area is 159 Å². The molecule has 0 saturated heterocycles. The fourth-order valence-electron chi connectivity index (χ4n) is 5.27. The summed E-state index contributed by atoms with van der Waals surface area (Å²) in [6.45, 7) is 10.7. The van der Waals surface area contributed by atoms with Gasteiger partial charge >= 0.3 is 0 Å². The van der Waals surface area contributed by atoms with Crippen LogP contribution in [0.3, 0.4) is 0 Å². The third-order valence-corrected chi connectivity index (χ3v) is 6.72. The molecule has 2 bridgehead atoms. The summed E-state index contributed by atoms with van der Waals surface area (Å²) >= 11 is 0. The third-order valence-electron chi connectivity index (χ3n) is 6.72. The molecule has 0 radical (unpaired) electrons. The van der Waals surface area contributed by atoms with Crippen LogP contribution >= 0.6 is 0 Å². The summed E-state index contributed by atoms with van der Waals surface area (Å²) in [6, 6.07) is 0. The standard InChI is InChI=1S/C18H28O3.C3H8.CH4O/c1-10-6-15-16(20)13(9-19)7-14-12(3)11(2)4-5-18(15,8-10)17(14)21;1-3-2;1-2/h7,10-12,14-16,19-20H,4-6,8-9H2,1-3H3;3H2,1-2H3;2H,1H3. The minimum absolute atomic E-state index is 0.000833. The van der Waals surface area contributed by atoms with Crippen molar-refractivity contribution in [1.29, 1.82) is 0 Å². The van der Waals surface area contributed by atoms with E-state index in [1.165, 1.54) is 6.42 Å². The zero-order valence-corrected chi connectivity index (χ0v) is 17.5. The molecule has 2 saturated carbocycles. The molecule has 3 N–H and O–H groups in total. The second-order valence-electron chi connectivity index (χ2n) is 8.62. The monoisotopic (exact) mass is 368 g/mol. The molecular formula is C22H40O4. The van der Waals surface area contributed by atoms with Crippen LogP contribution in [-0.2, 0) is 4.79 Å². The molecule has 152 valence electrons. The van der Waals surface area contributed by atoms with Gasteiger partial charge < -0.3 is 15.3 Å². The van der Waals surface area contributed by atoms with E-state index < -0.39 is 6.10 Å². The maximum atomic E-state index is 13.3. The van der Waals surface area contributed by atoms with Crippen molar-refractivity contribution in [1.82, 2.24) is 0 Å². The summed E-state index contributed by atoms with van der Waals surface area (Å²) in [5.41, 5.74) is 0.325. The van der Waals surface area contributed by atoms with Crippen molar-refractivity contribution in [2.24, 2.45) is 35.0 Å². The van der Waals surface area contributed by atoms with Crippen LogP contribution in [0.2, 0.25) is 0 Å². The zero-order chi connectivity index (χ0) is 20.1. The molecule has 4 heteroatoms. The maximum absolute atomic E-state index is 13.3. The number of ketones is 1. The first-order valence-corrected chi connectivity index (χ1v) is 10.3. The Bertz CT molecular complexity index is 487. The lowest BCUT2D eigenvalue weighted by Crippen LogP contribution is -2.41. The molecule has 0 aromatic heterocycles. The Hall–Kier alpha value is -0.710. The summed E-state index contributed by atoms with van der Waals surface area (Å²) in [4.78, 5) is 13.3. The Morgan fingerprint density at radius 1 is 1.19 bits per heavy atom. The van der Waals surface area contributed by atoms with Gasteiger partial charge in [0, 0.05) is 24.4 Å². The minimum Gasteiger partial charge on any atom is -0.400 e. The summed E-state index contributed by atoms with van der Waals surface area (Å²) in [5.74, 6) is 1.50. The van der Waals surface area contributed by atoms with Crippen molar-refractivity contribution < 1.29 is 20.1 Å². The van der Waals surface area contributed by atoms with Crippen molar-refractivity contribution >= 4 is 5.78 Å². The molecule has 0 aromatic rings. The highest BCUT2D eigenvalue weighted by Crippen LogP contribution is 2.58. The van der Waals surface area contributed by atoms with Crippen molar-refractivity contribution in [2.45, 2.75) is 72.8 Å². The van der Waals surface area contributed by atoms with Gasteiger partial charge in [-0.1, -0.05) is 47.1 Å². The molecular weight excluding hydrogens is 328 g/mol. The minimum atomic E-state index is -0.644. The molecule has 0 heterocycles. The van der Waals surface area contributed by atoms with Gasteiger partial charge in [0.2, 0.25) is 0 Å². The fraction of sp³-hybridized carbons (Fsp3) is 0.864. The molecule has 4 nitrogen and oxygen atoms in total. The summed E-state index contributed by atoms with van der Waals surface area (Å²) < 4.78 is 0. The third kappa shape index (κ3) is 4.23. The number of fused-ring (bicyclic) bond motifs is 1. The van der Waals surface area contributed by atoms with Crippen LogP contribution in [0.15, 0.2) is 11.6 Å². The number of rotatable bonds is 1. The van der Waals surface area contributed by atoms with Crippen LogP contribution in [-0.4, -0.2) is 40.9 Å². The van der Waals surface area contributed by atoms with E-state index in [4.69, 9.17) is 5.11 Å². The number of aliphatic hydroxyl groups is 3. The predicted octanol–water partition coefficient (Wildman–Crippen LogP) is 3.59. The van der Waals surface area contributed by atoms with Gasteiger partial charge in [0.1, 0.15) is 5.78 Å². The smallest absolute Gasteiger partial charge is 0.146 e. The number of allylic oxidation sites excluding steroid dienone is 1. The van der Waals surface area contributed by atoms with E-state index in [-0.39, 0.29) is 23.9 Å². The van der Waals surface area contributed by atoms with E-state index in [2.05, 4.69) is 34.6 Å². The maximum Gasteiger partial charge on any atom is 0.146 e. The lowest BCUT2D eigenvalue weighted by atomic mass is 9.68. The van der Waals surface area contributed by atoms with Crippen LogP contribution in [0.1, 0.15) is 66.7 Å². The average molecular weight is 369 g/mol. The number of Topliss-reactive ketones (excluding diaryl/α,β-unsaturated/α-hetero) is 1. The number of carbonyl (C=O) groups excluding carboxylic acids is 1. The first-order valence-electron chi connectivity index (χ1n) is 10.3. The molecule has 3 aliphatic rings. The van der Waals surface area contributed by atoms with Gasteiger partial charge in [0.15, 0.2) is 0 Å². The van der Waals surface area contributed by atoms with Crippen LogP contribution in [0, 0.1) is 35.0 Å². The van der Waals surface area contributed by atoms with E-state index in [1.54, 1.807) is 0 Å². The van der Waals surface area contributed by atoms with Crippen LogP contribution < -0.4 is 0 Å². The largest absolute Gasteiger partial charge is 0.400 e. The fourth-order valence-corrected chi connectivity index (χ4v) is 5.27. The predicted molar refractivity (Wildman–Crippen MR) is 106 cm³/mol. The molecule has 0 aliphatic heterocycles. The quantitative estimate of drug-likeness (QED) is 0.618. The van der Waals surface area contributed by atoms with Crippen molar-refractivity contribution in [2.75, 3.05) is 13.7 Å². The summed E-state index contributed by atoms with van der Waals surface area (Å²) in [5, 5.41) is 27.4. The number of aliphatic hydroxyl groups excluding tert-OH is 3. The Morgan fingerprint density at radius 3 is 2.31 bits per heavy atom. The Kier molecular flexibility index (Phi) is 8.98. The molecule has 7 atom stereocenters. The SMILES string of the molecule is CC1CC2C(O)C(CO)=CC3C(=O)C2(CCC(C)C3C)C1.CCC.CO. The van der Waals surface area contributed by atoms with Crippen molar-refractivity contribution in [3.8, 4) is 0 Å². The molecule has 26 heavy (non-hydrogen) atoms. The Morgan fingerprint density at radius 2 is 1.77 bits per heavy atom. The van der Waals surface area contributed by atoms with Crippen molar-refractivity contribution in [3.05, 3.63) is 11.6 Å². The first-order chi connectivity index (χ1) is 12.3. The topological polar surface area (TPSA) is 77.8 Å². The molecule has 0 amide bonds. The number of carbonyl (C=O) groups is 1. The highest BCUT2D eigenvalue weighted by atomic mass is 16.3. The van der Waals surface area contributed by atoms with Gasteiger partial charge in [-0.2, -0.15) is 0 Å². The normalized spacial score (nSPS) is 41.4. The van der Waals surface area contributed by atoms with Gasteiger partial charge in [-0.25, -0.2) is 0 Å². The molecule has 2 fully saturated rings. The second kappa shape index (κ2) is 10.0. The van der Waals surface area contributed by atoms with Gasteiger partial charge in [-0.15, -0.1) is 0 Å². The van der Waals surface area contributed by atoms with Gasteiger partial charge in [0.25, 0.3) is 0 Å². The van der Waals surface area contributed by atoms with E-state index in [0.29, 0.717) is 29.1 Å².